The van der Waals surface area contributed by atoms with Crippen LogP contribution in [-0.4, -0.2) is 25.3 Å². The third kappa shape index (κ3) is 4.67. The fourth-order valence-corrected chi connectivity index (χ4v) is 8.64. The van der Waals surface area contributed by atoms with Gasteiger partial charge in [-0.2, -0.15) is 0 Å². The van der Waals surface area contributed by atoms with E-state index in [2.05, 4.69) is 91.0 Å². The minimum absolute atomic E-state index is 0.214. The molecule has 0 aliphatic carbocycles. The first-order chi connectivity index (χ1) is 13.8. The summed E-state index contributed by atoms with van der Waals surface area (Å²) in [6, 6.07) is 32.3. The van der Waals surface area contributed by atoms with E-state index in [1.807, 2.05) is 0 Å². The molecule has 0 bridgehead atoms. The first-order valence-electron chi connectivity index (χ1n) is 9.79. The first-order valence-corrected chi connectivity index (χ1v) is 12.0. The Morgan fingerprint density at radius 2 is 1.18 bits per heavy atom. The molecule has 3 rings (SSSR count). The molecular weight excluding hydrogens is 365 g/mol. The zero-order chi connectivity index (χ0) is 19.7. The summed E-state index contributed by atoms with van der Waals surface area (Å²) in [5.41, 5.74) is 5.44. The molecule has 3 aromatic rings. The second-order valence-electron chi connectivity index (χ2n) is 6.87. The van der Waals surface area contributed by atoms with E-state index in [1.54, 1.807) is 0 Å². The van der Waals surface area contributed by atoms with Gasteiger partial charge in [0.2, 0.25) is 0 Å². The van der Waals surface area contributed by atoms with Gasteiger partial charge >= 0.3 is 168 Å². The molecule has 0 aromatic heterocycles. The Labute approximate surface area is 167 Å². The maximum absolute atomic E-state index is 11.7. The molecule has 0 unspecified atom stereocenters. The van der Waals surface area contributed by atoms with Crippen molar-refractivity contribution in [2.45, 2.75) is 12.8 Å². The van der Waals surface area contributed by atoms with Crippen molar-refractivity contribution in [2.75, 3.05) is 19.3 Å². The molecule has 0 spiro atoms. The molecule has 3 aromatic carbocycles. The van der Waals surface area contributed by atoms with Crippen molar-refractivity contribution in [3.05, 3.63) is 91.0 Å². The van der Waals surface area contributed by atoms with E-state index in [1.165, 1.54) is 15.9 Å². The number of benzene rings is 3. The van der Waals surface area contributed by atoms with Crippen molar-refractivity contribution >= 4 is 29.1 Å². The van der Waals surface area contributed by atoms with Gasteiger partial charge in [0.05, 0.1) is 0 Å². The zero-order valence-electron chi connectivity index (χ0n) is 16.1. The normalized spacial score (nSPS) is 11.8. The topological polar surface area (TPSA) is 52.3 Å². The first kappa shape index (κ1) is 20.3. The van der Waals surface area contributed by atoms with Crippen LogP contribution in [-0.2, 0) is 9.53 Å². The Balaban J connectivity index is 1.98. The van der Waals surface area contributed by atoms with Crippen LogP contribution in [0.25, 0.3) is 0 Å². The molecule has 3 nitrogen and oxygen atoms in total. The molecule has 0 fully saturated rings. The van der Waals surface area contributed by atoms with Gasteiger partial charge in [-0.3, -0.25) is 0 Å². The Kier molecular flexibility index (Phi) is 7.36. The summed E-state index contributed by atoms with van der Waals surface area (Å²) < 4.78 is 5.39. The van der Waals surface area contributed by atoms with Crippen LogP contribution >= 0.6 is 7.26 Å². The summed E-state index contributed by atoms with van der Waals surface area (Å²) >= 11 is 0. The molecule has 146 valence electrons. The van der Waals surface area contributed by atoms with E-state index in [4.69, 9.17) is 10.5 Å². The molecule has 0 aliphatic heterocycles. The van der Waals surface area contributed by atoms with Crippen LogP contribution in [0.2, 0.25) is 0 Å². The average Bonchev–Trinajstić information content (AvgIpc) is 2.76. The van der Waals surface area contributed by atoms with Crippen molar-refractivity contribution in [2.24, 2.45) is 5.73 Å². The van der Waals surface area contributed by atoms with Crippen LogP contribution in [0.3, 0.4) is 0 Å². The molecule has 4 heteroatoms. The standard InChI is InChI=1S/C24H28NO2P/c25-18-17-24(26)27-19-10-20-28(21-11-4-1-5-12-21,22-13-6-2-7-14-22)23-15-8-3-9-16-23/h1-9,11-16,28H,10,17-20,25H2. The van der Waals surface area contributed by atoms with Crippen molar-refractivity contribution in [3.63, 3.8) is 0 Å². The van der Waals surface area contributed by atoms with Gasteiger partial charge in [-0.15, -0.1) is 0 Å². The van der Waals surface area contributed by atoms with Crippen molar-refractivity contribution in [3.8, 4) is 0 Å². The van der Waals surface area contributed by atoms with Crippen LogP contribution in [0.4, 0.5) is 0 Å². The van der Waals surface area contributed by atoms with E-state index in [-0.39, 0.29) is 12.4 Å². The zero-order valence-corrected chi connectivity index (χ0v) is 17.1. The Bertz CT molecular complexity index is 757. The molecule has 2 N–H and O–H groups in total. The molecule has 0 radical (unpaired) electrons. The summed E-state index contributed by atoms with van der Waals surface area (Å²) in [6.07, 6.45) is 2.07. The molecular formula is C24H28NO2P. The van der Waals surface area contributed by atoms with Gasteiger partial charge in [-0.05, 0) is 0 Å². The van der Waals surface area contributed by atoms with Crippen molar-refractivity contribution in [1.29, 1.82) is 0 Å². The number of nitrogens with two attached hydrogens (primary N) is 1. The number of rotatable bonds is 9. The molecule has 0 amide bonds. The third-order valence-corrected chi connectivity index (χ3v) is 10.2. The van der Waals surface area contributed by atoms with E-state index in [0.717, 1.165) is 12.6 Å². The number of hydrogen-bond acceptors (Lipinski definition) is 3. The monoisotopic (exact) mass is 393 g/mol. The molecule has 0 aliphatic rings. The van der Waals surface area contributed by atoms with Gasteiger partial charge in [-0.1, -0.05) is 0 Å². The number of hydrogen-bond donors (Lipinski definition) is 1. The summed E-state index contributed by atoms with van der Waals surface area (Å²) in [5, 5.41) is 4.13. The Hall–Kier alpha value is -2.48. The number of esters is 1. The molecule has 0 heterocycles. The number of carbonyl (C=O) groups excluding carboxylic acids is 1. The van der Waals surface area contributed by atoms with Crippen LogP contribution in [0.1, 0.15) is 12.8 Å². The average molecular weight is 393 g/mol. The number of ether oxygens (including phenoxy) is 1. The SMILES string of the molecule is NCCC(=O)OCCC[PH](c1ccccc1)(c1ccccc1)c1ccccc1. The molecule has 0 saturated carbocycles. The second kappa shape index (κ2) is 10.2. The van der Waals surface area contributed by atoms with Gasteiger partial charge < -0.3 is 0 Å². The van der Waals surface area contributed by atoms with Gasteiger partial charge in [0, 0.05) is 0 Å². The quantitative estimate of drug-likeness (QED) is 0.345. The summed E-state index contributed by atoms with van der Waals surface area (Å²) in [6.45, 7) is 0.760. The van der Waals surface area contributed by atoms with Gasteiger partial charge in [-0.25, -0.2) is 0 Å². The molecule has 28 heavy (non-hydrogen) atoms. The fourth-order valence-electron chi connectivity index (χ4n) is 3.81. The molecule has 0 atom stereocenters. The predicted molar refractivity (Wildman–Crippen MR) is 121 cm³/mol. The van der Waals surface area contributed by atoms with Crippen molar-refractivity contribution in [1.82, 2.24) is 0 Å². The third-order valence-electron chi connectivity index (χ3n) is 5.11. The van der Waals surface area contributed by atoms with Crippen LogP contribution in [0.5, 0.6) is 0 Å². The molecule has 0 saturated heterocycles. The van der Waals surface area contributed by atoms with E-state index in [0.29, 0.717) is 13.2 Å². The van der Waals surface area contributed by atoms with Crippen LogP contribution in [0.15, 0.2) is 91.0 Å². The predicted octanol–water partition coefficient (Wildman–Crippen LogP) is 2.99. The van der Waals surface area contributed by atoms with Crippen LogP contribution < -0.4 is 21.6 Å². The maximum atomic E-state index is 11.7. The van der Waals surface area contributed by atoms with Crippen molar-refractivity contribution < 1.29 is 9.53 Å². The minimum atomic E-state index is -2.23. The fraction of sp³-hybridized carbons (Fsp3) is 0.208. The number of carbonyl (C=O) groups is 1. The van der Waals surface area contributed by atoms with E-state index >= 15 is 0 Å². The Morgan fingerprint density at radius 3 is 1.57 bits per heavy atom. The summed E-state index contributed by atoms with van der Waals surface area (Å²) in [4.78, 5) is 11.7. The van der Waals surface area contributed by atoms with Gasteiger partial charge in [0.15, 0.2) is 0 Å². The van der Waals surface area contributed by atoms with E-state index < -0.39 is 7.26 Å². The Morgan fingerprint density at radius 1 is 0.750 bits per heavy atom. The van der Waals surface area contributed by atoms with Gasteiger partial charge in [0.25, 0.3) is 0 Å². The second-order valence-corrected chi connectivity index (χ2v) is 10.9. The summed E-state index contributed by atoms with van der Waals surface area (Å²) in [7, 11) is -2.23. The summed E-state index contributed by atoms with van der Waals surface area (Å²) in [5.74, 6) is -0.214. The van der Waals surface area contributed by atoms with E-state index in [9.17, 15) is 4.79 Å². The van der Waals surface area contributed by atoms with Gasteiger partial charge in [0.1, 0.15) is 0 Å². The van der Waals surface area contributed by atoms with Crippen LogP contribution in [0, 0.1) is 0 Å².